The molecule has 0 bridgehead atoms. The van der Waals surface area contributed by atoms with Crippen molar-refractivity contribution in [1.29, 1.82) is 0 Å². The van der Waals surface area contributed by atoms with Crippen LogP contribution < -0.4 is 11.2 Å². The minimum atomic E-state index is -4.93. The molecule has 0 saturated heterocycles. The molecule has 3 rings (SSSR count). The first-order chi connectivity index (χ1) is 12.6. The molecule has 0 N–H and O–H groups in total. The highest BCUT2D eigenvalue weighted by Crippen LogP contribution is 2.34. The lowest BCUT2D eigenvalue weighted by Gasteiger charge is -2.14. The van der Waals surface area contributed by atoms with Crippen molar-refractivity contribution < 1.29 is 26.7 Å². The van der Waals surface area contributed by atoms with Crippen LogP contribution in [0, 0.1) is 5.82 Å². The second-order valence-electron chi connectivity index (χ2n) is 5.62. The molecular weight excluding hydrogens is 396 g/mol. The Hall–Kier alpha value is -2.59. The number of hydrogen-bond acceptors (Lipinski definition) is 4. The number of methoxy groups -OCH3 is 1. The van der Waals surface area contributed by atoms with Gasteiger partial charge in [-0.3, -0.25) is 9.36 Å². The van der Waals surface area contributed by atoms with Crippen LogP contribution in [0.25, 0.3) is 16.7 Å². The fraction of sp³-hybridized carbons (Fsp3) is 0.250. The fourth-order valence-corrected chi connectivity index (χ4v) is 2.92. The molecule has 0 unspecified atom stereocenters. The number of fused-ring (bicyclic) bond motifs is 1. The maximum absolute atomic E-state index is 14.6. The average Bonchev–Trinajstić information content (AvgIpc) is 2.97. The van der Waals surface area contributed by atoms with Crippen molar-refractivity contribution in [3.05, 3.63) is 61.3 Å². The smallest absolute Gasteiger partial charge is 0.431 e. The zero-order valence-corrected chi connectivity index (χ0v) is 14.6. The van der Waals surface area contributed by atoms with Crippen LogP contribution in [0.4, 0.5) is 17.6 Å². The molecule has 0 aliphatic carbocycles. The Morgan fingerprint density at radius 2 is 1.89 bits per heavy atom. The van der Waals surface area contributed by atoms with Gasteiger partial charge < -0.3 is 9.15 Å². The number of rotatable bonds is 3. The Kier molecular flexibility index (Phi) is 4.64. The molecular formula is C16H11ClF4N2O4. The summed E-state index contributed by atoms with van der Waals surface area (Å²) in [5.74, 6) is -0.886. The average molecular weight is 407 g/mol. The van der Waals surface area contributed by atoms with E-state index in [1.807, 2.05) is 0 Å². The van der Waals surface area contributed by atoms with E-state index in [-0.39, 0.29) is 43.6 Å². The van der Waals surface area contributed by atoms with Crippen molar-refractivity contribution in [1.82, 2.24) is 9.13 Å². The van der Waals surface area contributed by atoms with Gasteiger partial charge in [0.05, 0.1) is 5.02 Å². The number of benzene rings is 1. The summed E-state index contributed by atoms with van der Waals surface area (Å²) >= 11 is 5.97. The van der Waals surface area contributed by atoms with E-state index in [9.17, 15) is 27.2 Å². The molecule has 11 heteroatoms. The highest BCUT2D eigenvalue weighted by atomic mass is 35.5. The van der Waals surface area contributed by atoms with Gasteiger partial charge in [0, 0.05) is 25.6 Å². The minimum absolute atomic E-state index is 0.00795. The minimum Gasteiger partial charge on any atom is -0.456 e. The molecule has 0 atom stereocenters. The van der Waals surface area contributed by atoms with Gasteiger partial charge in [-0.05, 0) is 12.1 Å². The van der Waals surface area contributed by atoms with Gasteiger partial charge >= 0.3 is 11.9 Å². The lowest BCUT2D eigenvalue weighted by molar-refractivity contribution is -0.144. The van der Waals surface area contributed by atoms with Crippen molar-refractivity contribution in [2.75, 3.05) is 7.11 Å². The molecule has 2 aromatic heterocycles. The third kappa shape index (κ3) is 3.15. The Balaban J connectivity index is 2.42. The van der Waals surface area contributed by atoms with Gasteiger partial charge in [-0.15, -0.1) is 0 Å². The molecule has 0 fully saturated rings. The van der Waals surface area contributed by atoms with Crippen LogP contribution in [0.2, 0.25) is 5.02 Å². The molecule has 0 spiro atoms. The van der Waals surface area contributed by atoms with Gasteiger partial charge in [-0.2, -0.15) is 13.2 Å². The van der Waals surface area contributed by atoms with Crippen molar-refractivity contribution >= 4 is 22.6 Å². The third-order valence-electron chi connectivity index (χ3n) is 3.86. The second kappa shape index (κ2) is 6.54. The highest BCUT2D eigenvalue weighted by Gasteiger charge is 2.35. The number of nitrogens with zero attached hydrogens (tertiary/aromatic N) is 2. The maximum atomic E-state index is 14.6. The van der Waals surface area contributed by atoms with E-state index >= 15 is 0 Å². The number of furan rings is 1. The predicted molar refractivity (Wildman–Crippen MR) is 87.7 cm³/mol. The van der Waals surface area contributed by atoms with Crippen LogP contribution >= 0.6 is 11.6 Å². The monoisotopic (exact) mass is 406 g/mol. The van der Waals surface area contributed by atoms with Crippen molar-refractivity contribution in [3.63, 3.8) is 0 Å². The molecule has 1 aromatic carbocycles. The zero-order valence-electron chi connectivity index (χ0n) is 13.9. The van der Waals surface area contributed by atoms with Crippen LogP contribution in [0.15, 0.2) is 32.2 Å². The molecule has 6 nitrogen and oxygen atoms in total. The van der Waals surface area contributed by atoms with E-state index in [4.69, 9.17) is 20.8 Å². The number of ether oxygens (including phenoxy) is 1. The standard InChI is InChI=1S/C16H11ClF4N2O4/c1-22-11(16(19,20)21)5-12(24)23(15(22)25)13-10(18)4-9(17)8-3-7(6-26-2)27-14(8)13/h3-5H,6H2,1-2H3. The Bertz CT molecular complexity index is 1160. The quantitative estimate of drug-likeness (QED) is 0.626. The molecule has 144 valence electrons. The summed E-state index contributed by atoms with van der Waals surface area (Å²) in [7, 11) is 2.21. The summed E-state index contributed by atoms with van der Waals surface area (Å²) in [6.07, 6.45) is -4.93. The summed E-state index contributed by atoms with van der Waals surface area (Å²) < 4.78 is 64.3. The molecule has 0 aliphatic heterocycles. The number of hydrogen-bond donors (Lipinski definition) is 0. The van der Waals surface area contributed by atoms with E-state index in [1.54, 1.807) is 0 Å². The van der Waals surface area contributed by atoms with Gasteiger partial charge in [0.15, 0.2) is 11.4 Å². The van der Waals surface area contributed by atoms with Crippen molar-refractivity contribution in [2.45, 2.75) is 12.8 Å². The van der Waals surface area contributed by atoms with Crippen molar-refractivity contribution in [2.24, 2.45) is 7.05 Å². The van der Waals surface area contributed by atoms with Crippen molar-refractivity contribution in [3.8, 4) is 5.69 Å². The first kappa shape index (κ1) is 19.2. The second-order valence-corrected chi connectivity index (χ2v) is 6.03. The summed E-state index contributed by atoms with van der Waals surface area (Å²) in [6.45, 7) is -0.00795. The van der Waals surface area contributed by atoms with E-state index < -0.39 is 34.6 Å². The molecule has 0 amide bonds. The predicted octanol–water partition coefficient (Wildman–Crippen LogP) is 3.24. The fourth-order valence-electron chi connectivity index (χ4n) is 2.69. The number of halogens is 5. The lowest BCUT2D eigenvalue weighted by atomic mass is 10.2. The Morgan fingerprint density at radius 3 is 2.48 bits per heavy atom. The van der Waals surface area contributed by atoms with Crippen LogP contribution in [0.5, 0.6) is 0 Å². The third-order valence-corrected chi connectivity index (χ3v) is 4.17. The van der Waals surface area contributed by atoms with Crippen LogP contribution in [0.1, 0.15) is 11.5 Å². The summed E-state index contributed by atoms with van der Waals surface area (Å²) in [6, 6.07) is 2.47. The topological polar surface area (TPSA) is 66.4 Å². The first-order valence-electron chi connectivity index (χ1n) is 7.36. The van der Waals surface area contributed by atoms with Crippen LogP contribution in [0.3, 0.4) is 0 Å². The van der Waals surface area contributed by atoms with E-state index in [2.05, 4.69) is 0 Å². The normalized spacial score (nSPS) is 12.1. The molecule has 0 radical (unpaired) electrons. The summed E-state index contributed by atoms with van der Waals surface area (Å²) in [5, 5.41) is 0.114. The largest absolute Gasteiger partial charge is 0.456 e. The molecule has 0 aliphatic rings. The SMILES string of the molecule is COCc1cc2c(Cl)cc(F)c(-n3c(=O)cc(C(F)(F)F)n(C)c3=O)c2o1. The molecule has 2 heterocycles. The van der Waals surface area contributed by atoms with Gasteiger partial charge in [0.2, 0.25) is 0 Å². The first-order valence-corrected chi connectivity index (χ1v) is 7.74. The zero-order chi connectivity index (χ0) is 20.1. The summed E-state index contributed by atoms with van der Waals surface area (Å²) in [5.41, 5.74) is -5.10. The van der Waals surface area contributed by atoms with E-state index in [0.29, 0.717) is 0 Å². The highest BCUT2D eigenvalue weighted by molar-refractivity contribution is 6.35. The van der Waals surface area contributed by atoms with E-state index in [1.165, 1.54) is 13.2 Å². The summed E-state index contributed by atoms with van der Waals surface area (Å²) in [4.78, 5) is 24.7. The Morgan fingerprint density at radius 1 is 1.22 bits per heavy atom. The molecule has 27 heavy (non-hydrogen) atoms. The van der Waals surface area contributed by atoms with E-state index in [0.717, 1.165) is 13.1 Å². The number of alkyl halides is 3. The van der Waals surface area contributed by atoms with Gasteiger partial charge in [-0.25, -0.2) is 13.8 Å². The lowest BCUT2D eigenvalue weighted by Crippen LogP contribution is -2.41. The Labute approximate surface area is 153 Å². The van der Waals surface area contributed by atoms with Gasteiger partial charge in [0.25, 0.3) is 5.56 Å². The molecule has 3 aromatic rings. The molecule has 0 saturated carbocycles. The number of aromatic nitrogens is 2. The van der Waals surface area contributed by atoms with Gasteiger partial charge in [0.1, 0.15) is 23.7 Å². The van der Waals surface area contributed by atoms with Crippen LogP contribution in [-0.4, -0.2) is 16.2 Å². The maximum Gasteiger partial charge on any atom is 0.431 e. The van der Waals surface area contributed by atoms with Crippen LogP contribution in [-0.2, 0) is 24.6 Å². The van der Waals surface area contributed by atoms with Gasteiger partial charge in [-0.1, -0.05) is 11.6 Å².